The number of nitrogens with zero attached hydrogens (tertiary/aromatic N) is 5. The first-order chi connectivity index (χ1) is 18.9. The summed E-state index contributed by atoms with van der Waals surface area (Å²) in [5.74, 6) is 0.112. The van der Waals surface area contributed by atoms with Gasteiger partial charge >= 0.3 is 0 Å². The van der Waals surface area contributed by atoms with E-state index in [0.29, 0.717) is 28.4 Å². The summed E-state index contributed by atoms with van der Waals surface area (Å²) in [5, 5.41) is 11.1. The third-order valence-corrected chi connectivity index (χ3v) is 9.29. The maximum absolute atomic E-state index is 13.5. The van der Waals surface area contributed by atoms with Gasteiger partial charge in [-0.05, 0) is 69.4 Å². The number of hydrogen-bond acceptors (Lipinski definition) is 7. The second kappa shape index (κ2) is 10.5. The van der Waals surface area contributed by atoms with Crippen LogP contribution in [0.3, 0.4) is 0 Å². The average molecular weight is 548 g/mol. The number of H-pyrrole nitrogens is 1. The molecule has 0 spiro atoms. The number of amides is 1. The van der Waals surface area contributed by atoms with Crippen molar-refractivity contribution in [2.24, 2.45) is 0 Å². The molecule has 0 radical (unpaired) electrons. The van der Waals surface area contributed by atoms with E-state index in [9.17, 15) is 13.8 Å². The Morgan fingerprint density at radius 3 is 2.69 bits per heavy atom. The maximum Gasteiger partial charge on any atom is 0.281 e. The van der Waals surface area contributed by atoms with Gasteiger partial charge in [0.05, 0.1) is 17.4 Å². The molecule has 2 aromatic carbocycles. The quantitative estimate of drug-likeness (QED) is 0.381. The van der Waals surface area contributed by atoms with E-state index in [2.05, 4.69) is 30.4 Å². The lowest BCUT2D eigenvalue weighted by atomic mass is 9.93. The summed E-state index contributed by atoms with van der Waals surface area (Å²) in [6.45, 7) is 7.60. The van der Waals surface area contributed by atoms with E-state index in [1.54, 1.807) is 10.6 Å². The van der Waals surface area contributed by atoms with Crippen molar-refractivity contribution < 1.29 is 9.00 Å². The highest BCUT2D eigenvalue weighted by Crippen LogP contribution is 2.26. The fourth-order valence-electron chi connectivity index (χ4n) is 5.45. The molecule has 6 rings (SSSR count). The molecule has 4 aromatic rings. The highest BCUT2D eigenvalue weighted by Gasteiger charge is 2.23. The molecule has 1 aliphatic carbocycles. The highest BCUT2D eigenvalue weighted by molar-refractivity contribution is 7.85. The van der Waals surface area contributed by atoms with Gasteiger partial charge in [-0.25, -0.2) is 13.9 Å². The van der Waals surface area contributed by atoms with Gasteiger partial charge in [-0.2, -0.15) is 4.98 Å². The normalized spacial score (nSPS) is 17.7. The summed E-state index contributed by atoms with van der Waals surface area (Å²) in [7, 11) is -1.60. The largest absolute Gasteiger partial charge is 0.370 e. The Hall–Kier alpha value is -3.57. The van der Waals surface area contributed by atoms with Crippen molar-refractivity contribution in [1.29, 1.82) is 0 Å². The Morgan fingerprint density at radius 1 is 1.08 bits per heavy atom. The number of aromatic amines is 1. The van der Waals surface area contributed by atoms with Crippen LogP contribution in [0.2, 0.25) is 0 Å². The minimum atomic E-state index is -1.60. The first-order valence-electron chi connectivity index (χ1n) is 13.5. The van der Waals surface area contributed by atoms with Crippen molar-refractivity contribution in [3.8, 4) is 0 Å². The van der Waals surface area contributed by atoms with Crippen molar-refractivity contribution in [3.05, 3.63) is 57.9 Å². The summed E-state index contributed by atoms with van der Waals surface area (Å²) in [4.78, 5) is 34.8. The van der Waals surface area contributed by atoms with Crippen molar-refractivity contribution in [2.75, 3.05) is 37.6 Å². The highest BCUT2D eigenvalue weighted by atomic mass is 32.2. The molecule has 1 saturated carbocycles. The second-order valence-corrected chi connectivity index (χ2v) is 12.0. The monoisotopic (exact) mass is 547 g/mol. The van der Waals surface area contributed by atoms with Crippen LogP contribution in [0, 0.1) is 13.8 Å². The van der Waals surface area contributed by atoms with Crippen LogP contribution < -0.4 is 15.8 Å². The molecule has 11 heteroatoms. The Kier molecular flexibility index (Phi) is 6.94. The Morgan fingerprint density at radius 2 is 1.92 bits per heavy atom. The summed E-state index contributed by atoms with van der Waals surface area (Å²) >= 11 is 0. The lowest BCUT2D eigenvalue weighted by Crippen LogP contribution is -2.45. The average Bonchev–Trinajstić information content (AvgIpc) is 3.17. The molecule has 1 aliphatic heterocycles. The number of rotatable bonds is 6. The zero-order valence-electron chi connectivity index (χ0n) is 22.3. The number of nitrogens with one attached hydrogen (secondary N) is 2. The maximum atomic E-state index is 13.5. The molecule has 1 unspecified atom stereocenters. The van der Waals surface area contributed by atoms with Crippen LogP contribution in [0.4, 0.5) is 5.69 Å². The number of aryl methyl sites for hydroxylation is 2. The minimum Gasteiger partial charge on any atom is -0.370 e. The molecule has 39 heavy (non-hydrogen) atoms. The first-order valence-corrected chi connectivity index (χ1v) is 14.7. The van der Waals surface area contributed by atoms with Gasteiger partial charge in [0.1, 0.15) is 10.8 Å². The van der Waals surface area contributed by atoms with Crippen molar-refractivity contribution in [2.45, 2.75) is 55.5 Å². The molecule has 10 nitrogen and oxygen atoms in total. The van der Waals surface area contributed by atoms with Crippen molar-refractivity contribution >= 4 is 38.9 Å². The molecule has 2 aromatic heterocycles. The van der Waals surface area contributed by atoms with Crippen LogP contribution in [0.5, 0.6) is 0 Å². The Bertz CT molecular complexity index is 1640. The molecular weight excluding hydrogens is 514 g/mol. The van der Waals surface area contributed by atoms with Gasteiger partial charge in [0, 0.05) is 42.8 Å². The van der Waals surface area contributed by atoms with Gasteiger partial charge in [0.2, 0.25) is 5.91 Å². The molecule has 1 saturated heterocycles. The van der Waals surface area contributed by atoms with Gasteiger partial charge in [-0.15, -0.1) is 5.10 Å². The predicted octanol–water partition coefficient (Wildman–Crippen LogP) is 2.54. The molecule has 0 bridgehead atoms. The standard InChI is InChI=1S/C28H33N7O3S/c1-18-7-10-24(19(2)15-18)39(38)28-26-30-27(37)22-9-8-21(16-23(22)35(26)32-31-28)34-12-4-11-33(13-14-34)17-25(36)29-20-5-3-6-20/h7-10,15-16,20,32H,3-6,11-14,17H2,1-2H3,(H,29,36). The van der Waals surface area contributed by atoms with Gasteiger partial charge in [0.25, 0.3) is 5.56 Å². The van der Waals surface area contributed by atoms with Gasteiger partial charge in [-0.3, -0.25) is 14.5 Å². The second-order valence-electron chi connectivity index (χ2n) is 10.6. The van der Waals surface area contributed by atoms with Crippen LogP contribution in [-0.4, -0.2) is 73.6 Å². The van der Waals surface area contributed by atoms with E-state index in [1.165, 1.54) is 6.42 Å². The van der Waals surface area contributed by atoms with Crippen LogP contribution in [0.1, 0.15) is 36.8 Å². The number of aromatic nitrogens is 4. The fraction of sp³-hybridized carbons (Fsp3) is 0.429. The molecule has 2 N–H and O–H groups in total. The van der Waals surface area contributed by atoms with E-state index in [4.69, 9.17) is 0 Å². The van der Waals surface area contributed by atoms with E-state index in [-0.39, 0.29) is 22.1 Å². The van der Waals surface area contributed by atoms with Gasteiger partial charge < -0.3 is 10.2 Å². The first kappa shape index (κ1) is 25.7. The molecule has 1 amide bonds. The number of benzene rings is 2. The number of carbonyl (C=O) groups is 1. The Labute approximate surface area is 228 Å². The minimum absolute atomic E-state index is 0.112. The number of hydrogen-bond donors (Lipinski definition) is 2. The zero-order valence-corrected chi connectivity index (χ0v) is 23.1. The molecule has 204 valence electrons. The zero-order chi connectivity index (χ0) is 27.1. The lowest BCUT2D eigenvalue weighted by molar-refractivity contribution is -0.123. The van der Waals surface area contributed by atoms with E-state index in [1.807, 2.05) is 44.2 Å². The van der Waals surface area contributed by atoms with E-state index in [0.717, 1.165) is 62.3 Å². The lowest BCUT2D eigenvalue weighted by Gasteiger charge is -2.28. The summed E-state index contributed by atoms with van der Waals surface area (Å²) in [6.07, 6.45) is 4.32. The van der Waals surface area contributed by atoms with Crippen molar-refractivity contribution in [3.63, 3.8) is 0 Å². The fourth-order valence-corrected chi connectivity index (χ4v) is 6.62. The molecule has 2 aliphatic rings. The van der Waals surface area contributed by atoms with Crippen LogP contribution in [0.25, 0.3) is 16.6 Å². The van der Waals surface area contributed by atoms with Gasteiger partial charge in [0.15, 0.2) is 10.7 Å². The smallest absolute Gasteiger partial charge is 0.281 e. The number of anilines is 1. The van der Waals surface area contributed by atoms with Crippen LogP contribution >= 0.6 is 0 Å². The predicted molar refractivity (Wildman–Crippen MR) is 151 cm³/mol. The summed E-state index contributed by atoms with van der Waals surface area (Å²) in [5.41, 5.74) is 3.49. The molecule has 2 fully saturated rings. The van der Waals surface area contributed by atoms with E-state index < -0.39 is 10.8 Å². The summed E-state index contributed by atoms with van der Waals surface area (Å²) in [6, 6.07) is 11.8. The van der Waals surface area contributed by atoms with Crippen LogP contribution in [0.15, 0.2) is 51.1 Å². The SMILES string of the molecule is Cc1ccc(S(=O)c2n[nH]n3c2nc(=O)c2ccc(N4CCCN(CC(=O)NC5CCC5)CC4)cc23)c(C)c1. The number of fused-ring (bicyclic) bond motifs is 3. The molecular formula is C28H33N7O3S. The van der Waals surface area contributed by atoms with E-state index >= 15 is 0 Å². The van der Waals surface area contributed by atoms with Crippen LogP contribution in [-0.2, 0) is 15.6 Å². The topological polar surface area (TPSA) is 116 Å². The molecule has 3 heterocycles. The summed E-state index contributed by atoms with van der Waals surface area (Å²) < 4.78 is 15.1. The Balaban J connectivity index is 1.26. The number of carbonyl (C=O) groups excluding carboxylic acids is 1. The molecule has 1 atom stereocenters. The van der Waals surface area contributed by atoms with Crippen molar-refractivity contribution in [1.82, 2.24) is 30.0 Å². The van der Waals surface area contributed by atoms with Gasteiger partial charge in [-0.1, -0.05) is 17.7 Å². The third-order valence-electron chi connectivity index (χ3n) is 7.81. The third kappa shape index (κ3) is 5.08.